The molecule has 0 fully saturated rings. The molecule has 0 amide bonds. The average molecular weight is 228 g/mol. The normalized spacial score (nSPS) is 10.2. The monoisotopic (exact) mass is 228 g/mol. The van der Waals surface area contributed by atoms with Crippen LogP contribution < -0.4 is 0 Å². The van der Waals surface area contributed by atoms with Crippen LogP contribution in [-0.2, 0) is 0 Å². The highest BCUT2D eigenvalue weighted by molar-refractivity contribution is 5.96. The third kappa shape index (κ3) is 2.72. The predicted octanol–water partition coefficient (Wildman–Crippen LogP) is 3.64. The summed E-state index contributed by atoms with van der Waals surface area (Å²) in [5.41, 5.74) is -0.400. The van der Waals surface area contributed by atoms with Crippen LogP contribution in [0.15, 0.2) is 24.8 Å². The van der Waals surface area contributed by atoms with Crippen LogP contribution >= 0.6 is 0 Å². The van der Waals surface area contributed by atoms with Gasteiger partial charge in [-0.05, 0) is 25.0 Å². The van der Waals surface area contributed by atoms with Gasteiger partial charge in [0.2, 0.25) is 0 Å². The van der Waals surface area contributed by atoms with Crippen molar-refractivity contribution in [2.45, 2.75) is 19.3 Å². The molecule has 0 saturated carbocycles. The van der Waals surface area contributed by atoms with Crippen molar-refractivity contribution in [2.24, 2.45) is 0 Å². The Bertz CT molecular complexity index is 413. The van der Waals surface area contributed by atoms with Crippen LogP contribution in [-0.4, -0.2) is 5.78 Å². The van der Waals surface area contributed by atoms with Crippen LogP contribution in [0.1, 0.15) is 29.6 Å². The second kappa shape index (κ2) is 5.49. The molecule has 0 aliphatic heterocycles. The van der Waals surface area contributed by atoms with Gasteiger partial charge in [0.15, 0.2) is 23.2 Å². The maximum atomic E-state index is 13.2. The molecule has 1 nitrogen and oxygen atoms in total. The minimum atomic E-state index is -1.60. The lowest BCUT2D eigenvalue weighted by Crippen LogP contribution is -2.05. The number of carbonyl (C=O) groups is 1. The number of carbonyl (C=O) groups excluding carboxylic acids is 1. The molecule has 0 spiro atoms. The first kappa shape index (κ1) is 12.5. The highest BCUT2D eigenvalue weighted by Crippen LogP contribution is 2.17. The maximum Gasteiger partial charge on any atom is 0.195 e. The standard InChI is InChI=1S/C12H11F3O/c1-2-3-4-5-10(16)8-6-7-9(13)12(15)11(8)14/h2,6-7H,1,3-5H2. The van der Waals surface area contributed by atoms with E-state index in [1.165, 1.54) is 0 Å². The van der Waals surface area contributed by atoms with Gasteiger partial charge in [0, 0.05) is 6.42 Å². The van der Waals surface area contributed by atoms with Gasteiger partial charge < -0.3 is 0 Å². The zero-order chi connectivity index (χ0) is 12.1. The molecule has 0 radical (unpaired) electrons. The van der Waals surface area contributed by atoms with Crippen LogP contribution in [0.4, 0.5) is 13.2 Å². The number of unbranched alkanes of at least 4 members (excludes halogenated alkanes) is 1. The first-order valence-corrected chi connectivity index (χ1v) is 4.85. The van der Waals surface area contributed by atoms with E-state index in [1.807, 2.05) is 0 Å². The molecule has 1 rings (SSSR count). The molecule has 0 unspecified atom stereocenters. The van der Waals surface area contributed by atoms with Gasteiger partial charge in [-0.25, -0.2) is 13.2 Å². The number of halogens is 3. The minimum absolute atomic E-state index is 0.0913. The molecule has 0 heterocycles. The van der Waals surface area contributed by atoms with E-state index in [9.17, 15) is 18.0 Å². The van der Waals surface area contributed by atoms with Crippen molar-refractivity contribution in [1.82, 2.24) is 0 Å². The Morgan fingerprint density at radius 2 is 1.94 bits per heavy atom. The molecule has 1 aromatic carbocycles. The Morgan fingerprint density at radius 1 is 1.25 bits per heavy atom. The highest BCUT2D eigenvalue weighted by Gasteiger charge is 2.17. The van der Waals surface area contributed by atoms with Gasteiger partial charge in [-0.1, -0.05) is 6.08 Å². The van der Waals surface area contributed by atoms with Gasteiger partial charge in [0.05, 0.1) is 5.56 Å². The number of allylic oxidation sites excluding steroid dienone is 1. The van der Waals surface area contributed by atoms with E-state index >= 15 is 0 Å². The summed E-state index contributed by atoms with van der Waals surface area (Å²) in [5.74, 6) is -4.84. The average Bonchev–Trinajstić information content (AvgIpc) is 2.26. The number of ketones is 1. The molecule has 0 aliphatic rings. The van der Waals surface area contributed by atoms with E-state index < -0.39 is 28.8 Å². The Hall–Kier alpha value is -1.58. The summed E-state index contributed by atoms with van der Waals surface area (Å²) in [4.78, 5) is 11.4. The second-order valence-electron chi connectivity index (χ2n) is 3.33. The van der Waals surface area contributed by atoms with Gasteiger partial charge >= 0.3 is 0 Å². The molecule has 0 atom stereocenters. The van der Waals surface area contributed by atoms with Crippen LogP contribution in [0.2, 0.25) is 0 Å². The summed E-state index contributed by atoms with van der Waals surface area (Å²) >= 11 is 0. The van der Waals surface area contributed by atoms with Gasteiger partial charge in [-0.3, -0.25) is 4.79 Å². The summed E-state index contributed by atoms with van der Waals surface area (Å²) < 4.78 is 38.6. The number of rotatable bonds is 5. The van der Waals surface area contributed by atoms with Gasteiger partial charge in [-0.2, -0.15) is 0 Å². The third-order valence-corrected chi connectivity index (χ3v) is 2.15. The smallest absolute Gasteiger partial charge is 0.195 e. The Labute approximate surface area is 91.6 Å². The molecule has 4 heteroatoms. The molecule has 86 valence electrons. The minimum Gasteiger partial charge on any atom is -0.294 e. The summed E-state index contributed by atoms with van der Waals surface area (Å²) in [7, 11) is 0. The number of hydrogen-bond donors (Lipinski definition) is 0. The van der Waals surface area contributed by atoms with Crippen molar-refractivity contribution in [2.75, 3.05) is 0 Å². The zero-order valence-corrected chi connectivity index (χ0v) is 8.60. The Morgan fingerprint density at radius 3 is 2.56 bits per heavy atom. The van der Waals surface area contributed by atoms with E-state index in [0.29, 0.717) is 12.8 Å². The summed E-state index contributed by atoms with van der Waals surface area (Å²) in [6.07, 6.45) is 2.86. The fraction of sp³-hybridized carbons (Fsp3) is 0.250. The number of hydrogen-bond acceptors (Lipinski definition) is 1. The zero-order valence-electron chi connectivity index (χ0n) is 8.60. The van der Waals surface area contributed by atoms with Crippen LogP contribution in [0, 0.1) is 17.5 Å². The molecule has 0 saturated heterocycles. The quantitative estimate of drug-likeness (QED) is 0.325. The fourth-order valence-electron chi connectivity index (χ4n) is 1.28. The van der Waals surface area contributed by atoms with Crippen LogP contribution in [0.5, 0.6) is 0 Å². The van der Waals surface area contributed by atoms with Crippen molar-refractivity contribution in [3.8, 4) is 0 Å². The summed E-state index contributed by atoms with van der Waals surface area (Å²) in [5, 5.41) is 0. The topological polar surface area (TPSA) is 17.1 Å². The van der Waals surface area contributed by atoms with Gasteiger partial charge in [-0.15, -0.1) is 6.58 Å². The lowest BCUT2D eigenvalue weighted by Gasteiger charge is -2.03. The third-order valence-electron chi connectivity index (χ3n) is 2.15. The van der Waals surface area contributed by atoms with E-state index in [4.69, 9.17) is 0 Å². The molecule has 16 heavy (non-hydrogen) atoms. The van der Waals surface area contributed by atoms with Gasteiger partial charge in [0.25, 0.3) is 0 Å². The van der Waals surface area contributed by atoms with E-state index in [2.05, 4.69) is 6.58 Å². The Kier molecular flexibility index (Phi) is 4.28. The van der Waals surface area contributed by atoms with Gasteiger partial charge in [0.1, 0.15) is 0 Å². The van der Waals surface area contributed by atoms with Crippen molar-refractivity contribution in [3.05, 3.63) is 47.8 Å². The first-order valence-electron chi connectivity index (χ1n) is 4.85. The van der Waals surface area contributed by atoms with Crippen molar-refractivity contribution < 1.29 is 18.0 Å². The second-order valence-corrected chi connectivity index (χ2v) is 3.33. The molecular weight excluding hydrogens is 217 g/mol. The molecule has 1 aromatic rings. The van der Waals surface area contributed by atoms with E-state index in [0.717, 1.165) is 12.1 Å². The van der Waals surface area contributed by atoms with Crippen molar-refractivity contribution in [1.29, 1.82) is 0 Å². The maximum absolute atomic E-state index is 13.2. The predicted molar refractivity (Wildman–Crippen MR) is 54.7 cm³/mol. The van der Waals surface area contributed by atoms with Crippen LogP contribution in [0.3, 0.4) is 0 Å². The number of Topliss-reactive ketones (excluding diaryl/α,β-unsaturated/α-hetero) is 1. The number of benzene rings is 1. The summed E-state index contributed by atoms with van der Waals surface area (Å²) in [6, 6.07) is 1.71. The Balaban J connectivity index is 2.84. The summed E-state index contributed by atoms with van der Waals surface area (Å²) in [6.45, 7) is 3.48. The lowest BCUT2D eigenvalue weighted by atomic mass is 10.0. The molecular formula is C12H11F3O. The van der Waals surface area contributed by atoms with Crippen LogP contribution in [0.25, 0.3) is 0 Å². The molecule has 0 bridgehead atoms. The largest absolute Gasteiger partial charge is 0.294 e. The van der Waals surface area contributed by atoms with E-state index in [-0.39, 0.29) is 6.42 Å². The fourth-order valence-corrected chi connectivity index (χ4v) is 1.28. The lowest BCUT2D eigenvalue weighted by molar-refractivity contribution is 0.0975. The first-order chi connectivity index (χ1) is 7.57. The SMILES string of the molecule is C=CCCCC(=O)c1ccc(F)c(F)c1F. The van der Waals surface area contributed by atoms with Crippen molar-refractivity contribution in [3.63, 3.8) is 0 Å². The van der Waals surface area contributed by atoms with E-state index in [1.54, 1.807) is 6.08 Å². The molecule has 0 N–H and O–H groups in total. The highest BCUT2D eigenvalue weighted by atomic mass is 19.2. The molecule has 0 aromatic heterocycles. The van der Waals surface area contributed by atoms with Crippen molar-refractivity contribution >= 4 is 5.78 Å². The molecule has 0 aliphatic carbocycles.